The Morgan fingerprint density at radius 2 is 1.68 bits per heavy atom. The quantitative estimate of drug-likeness (QED) is 0.700. The van der Waals surface area contributed by atoms with Gasteiger partial charge in [-0.1, -0.05) is 19.3 Å². The van der Waals surface area contributed by atoms with Crippen LogP contribution in [-0.2, 0) is 14.3 Å². The second kappa shape index (κ2) is 9.23. The summed E-state index contributed by atoms with van der Waals surface area (Å²) in [5, 5.41) is 18.4. The van der Waals surface area contributed by atoms with Crippen molar-refractivity contribution in [2.75, 3.05) is 7.05 Å². The van der Waals surface area contributed by atoms with Crippen molar-refractivity contribution in [3.8, 4) is 17.9 Å². The van der Waals surface area contributed by atoms with Crippen molar-refractivity contribution in [2.24, 2.45) is 0 Å². The molecule has 7 heteroatoms. The lowest BCUT2D eigenvalue weighted by Crippen LogP contribution is -2.53. The normalized spacial score (nSPS) is 17.3. The van der Waals surface area contributed by atoms with Gasteiger partial charge in [0.1, 0.15) is 11.3 Å². The first-order valence-corrected chi connectivity index (χ1v) is 9.39. The molecule has 1 aromatic rings. The molecule has 0 aromatic heterocycles. The van der Waals surface area contributed by atoms with Gasteiger partial charge in [0, 0.05) is 7.05 Å². The summed E-state index contributed by atoms with van der Waals surface area (Å²) >= 11 is 0. The topological polar surface area (TPSA) is 103 Å². The van der Waals surface area contributed by atoms with Gasteiger partial charge in [0.2, 0.25) is 0 Å². The number of likely N-dealkylation sites (N-methyl/N-ethyl adjacent to an activating group) is 1. The van der Waals surface area contributed by atoms with Crippen LogP contribution >= 0.6 is 0 Å². The van der Waals surface area contributed by atoms with Crippen LogP contribution in [0.5, 0.6) is 5.75 Å². The van der Waals surface area contributed by atoms with Gasteiger partial charge in [-0.15, -0.1) is 0 Å². The van der Waals surface area contributed by atoms with Gasteiger partial charge < -0.3 is 14.4 Å². The van der Waals surface area contributed by atoms with Crippen molar-refractivity contribution in [2.45, 2.75) is 63.7 Å². The molecule has 1 aliphatic rings. The summed E-state index contributed by atoms with van der Waals surface area (Å²) in [6.07, 6.45) is 2.17. The lowest BCUT2D eigenvalue weighted by molar-refractivity contribution is -0.165. The van der Waals surface area contributed by atoms with E-state index in [-0.39, 0.29) is 0 Å². The lowest BCUT2D eigenvalue weighted by atomic mass is 9.81. The van der Waals surface area contributed by atoms with E-state index in [1.807, 2.05) is 6.07 Å². The SMILES string of the molecule is C[C@H](Oc1ccc(C#N)cc1)C(=O)O[C@@H](C)C(=O)N(C)C1(C#N)CCCCC1. The van der Waals surface area contributed by atoms with Crippen LogP contribution in [0, 0.1) is 22.7 Å². The van der Waals surface area contributed by atoms with Gasteiger partial charge in [0.15, 0.2) is 12.2 Å². The molecule has 1 amide bonds. The predicted octanol–water partition coefficient (Wildman–Crippen LogP) is 2.94. The van der Waals surface area contributed by atoms with Crippen molar-refractivity contribution < 1.29 is 19.1 Å². The van der Waals surface area contributed by atoms with Gasteiger partial charge in [-0.3, -0.25) is 4.79 Å². The Morgan fingerprint density at radius 3 is 2.21 bits per heavy atom. The number of hydrogen-bond acceptors (Lipinski definition) is 6. The van der Waals surface area contributed by atoms with Crippen molar-refractivity contribution in [1.82, 2.24) is 4.90 Å². The number of ether oxygens (including phenoxy) is 2. The molecule has 28 heavy (non-hydrogen) atoms. The zero-order chi connectivity index (χ0) is 20.7. The fraction of sp³-hybridized carbons (Fsp3) is 0.524. The monoisotopic (exact) mass is 383 g/mol. The number of carbonyl (C=O) groups excluding carboxylic acids is 2. The minimum Gasteiger partial charge on any atom is -0.479 e. The third kappa shape index (κ3) is 4.80. The Morgan fingerprint density at radius 1 is 1.07 bits per heavy atom. The van der Waals surface area contributed by atoms with Gasteiger partial charge >= 0.3 is 5.97 Å². The highest BCUT2D eigenvalue weighted by atomic mass is 16.6. The lowest BCUT2D eigenvalue weighted by Gasteiger charge is -2.39. The first-order chi connectivity index (χ1) is 13.3. The van der Waals surface area contributed by atoms with E-state index in [1.165, 1.54) is 18.7 Å². The molecule has 7 nitrogen and oxygen atoms in total. The number of nitrogens with zero attached hydrogens (tertiary/aromatic N) is 3. The molecule has 0 saturated heterocycles. The number of rotatable bonds is 6. The smallest absolute Gasteiger partial charge is 0.347 e. The molecule has 148 valence electrons. The number of nitriles is 2. The maximum atomic E-state index is 12.7. The maximum absolute atomic E-state index is 12.7. The molecule has 1 aromatic carbocycles. The molecule has 1 aliphatic carbocycles. The molecule has 2 rings (SSSR count). The summed E-state index contributed by atoms with van der Waals surface area (Å²) < 4.78 is 10.8. The molecule has 0 aliphatic heterocycles. The summed E-state index contributed by atoms with van der Waals surface area (Å²) in [6, 6.07) is 10.6. The highest BCUT2D eigenvalue weighted by Gasteiger charge is 2.41. The standard InChI is InChI=1S/C21H25N3O4/c1-15(19(25)24(3)21(14-23)11-5-4-6-12-21)28-20(26)16(2)27-18-9-7-17(13-22)8-10-18/h7-10,15-16H,4-6,11-12H2,1-3H3/t15-,16-/m0/s1. The fourth-order valence-corrected chi connectivity index (χ4v) is 3.32. The van der Waals surface area contributed by atoms with Crippen molar-refractivity contribution in [3.05, 3.63) is 29.8 Å². The Bertz CT molecular complexity index is 785. The Hall–Kier alpha value is -3.06. The van der Waals surface area contributed by atoms with E-state index in [1.54, 1.807) is 31.3 Å². The largest absolute Gasteiger partial charge is 0.479 e. The molecule has 0 radical (unpaired) electrons. The molecule has 1 fully saturated rings. The van der Waals surface area contributed by atoms with E-state index in [9.17, 15) is 14.9 Å². The average Bonchev–Trinajstić information content (AvgIpc) is 2.73. The Labute approximate surface area is 165 Å². The van der Waals surface area contributed by atoms with E-state index >= 15 is 0 Å². The number of amides is 1. The summed E-state index contributed by atoms with van der Waals surface area (Å²) in [4.78, 5) is 26.4. The van der Waals surface area contributed by atoms with Gasteiger partial charge in [0.25, 0.3) is 5.91 Å². The molecular weight excluding hydrogens is 358 g/mol. The third-order valence-electron chi connectivity index (χ3n) is 5.13. The van der Waals surface area contributed by atoms with Crippen LogP contribution in [0.3, 0.4) is 0 Å². The van der Waals surface area contributed by atoms with Gasteiger partial charge in [-0.05, 0) is 51.0 Å². The molecule has 1 saturated carbocycles. The number of carbonyl (C=O) groups is 2. The Balaban J connectivity index is 1.95. The van der Waals surface area contributed by atoms with E-state index in [4.69, 9.17) is 14.7 Å². The second-order valence-electron chi connectivity index (χ2n) is 7.08. The molecule has 0 unspecified atom stereocenters. The number of hydrogen-bond donors (Lipinski definition) is 0. The minimum atomic E-state index is -1.02. The highest BCUT2D eigenvalue weighted by molar-refractivity contribution is 5.85. The van der Waals surface area contributed by atoms with Crippen LogP contribution in [-0.4, -0.2) is 41.6 Å². The van der Waals surface area contributed by atoms with Gasteiger partial charge in [0.05, 0.1) is 17.7 Å². The number of benzene rings is 1. The van der Waals surface area contributed by atoms with Crippen LogP contribution in [0.4, 0.5) is 0 Å². The van der Waals surface area contributed by atoms with E-state index in [0.717, 1.165) is 19.3 Å². The third-order valence-corrected chi connectivity index (χ3v) is 5.13. The Kier molecular flexibility index (Phi) is 7.00. The zero-order valence-corrected chi connectivity index (χ0v) is 16.5. The van der Waals surface area contributed by atoms with E-state index in [0.29, 0.717) is 24.2 Å². The van der Waals surface area contributed by atoms with Crippen molar-refractivity contribution >= 4 is 11.9 Å². The molecule has 2 atom stereocenters. The van der Waals surface area contributed by atoms with Crippen LogP contribution in [0.2, 0.25) is 0 Å². The first-order valence-electron chi connectivity index (χ1n) is 9.39. The summed E-state index contributed by atoms with van der Waals surface area (Å²) in [5.74, 6) is -0.652. The van der Waals surface area contributed by atoms with Gasteiger partial charge in [-0.2, -0.15) is 10.5 Å². The van der Waals surface area contributed by atoms with E-state index in [2.05, 4.69) is 6.07 Å². The number of esters is 1. The predicted molar refractivity (Wildman–Crippen MR) is 101 cm³/mol. The highest BCUT2D eigenvalue weighted by Crippen LogP contribution is 2.33. The minimum absolute atomic E-state index is 0.401. The first kappa shape index (κ1) is 21.2. The molecule has 0 spiro atoms. The average molecular weight is 383 g/mol. The zero-order valence-electron chi connectivity index (χ0n) is 16.5. The summed E-state index contributed by atoms with van der Waals surface area (Å²) in [5.41, 5.74) is -0.348. The molecule has 0 N–H and O–H groups in total. The maximum Gasteiger partial charge on any atom is 0.347 e. The van der Waals surface area contributed by atoms with Crippen molar-refractivity contribution in [3.63, 3.8) is 0 Å². The van der Waals surface area contributed by atoms with Crippen molar-refractivity contribution in [1.29, 1.82) is 10.5 Å². The molecule has 0 bridgehead atoms. The van der Waals surface area contributed by atoms with Crippen LogP contribution in [0.1, 0.15) is 51.5 Å². The second-order valence-corrected chi connectivity index (χ2v) is 7.08. The van der Waals surface area contributed by atoms with Crippen LogP contribution < -0.4 is 4.74 Å². The van der Waals surface area contributed by atoms with Crippen LogP contribution in [0.15, 0.2) is 24.3 Å². The van der Waals surface area contributed by atoms with E-state index < -0.39 is 29.6 Å². The fourth-order valence-electron chi connectivity index (χ4n) is 3.32. The summed E-state index contributed by atoms with van der Waals surface area (Å²) in [6.45, 7) is 3.03. The molecule has 0 heterocycles. The van der Waals surface area contributed by atoms with Crippen LogP contribution in [0.25, 0.3) is 0 Å². The summed E-state index contributed by atoms with van der Waals surface area (Å²) in [7, 11) is 1.60. The molecular formula is C21H25N3O4. The van der Waals surface area contributed by atoms with Gasteiger partial charge in [-0.25, -0.2) is 4.79 Å².